The molecule has 0 radical (unpaired) electrons. The maximum Gasteiger partial charge on any atom is 0.331 e. The van der Waals surface area contributed by atoms with Crippen LogP contribution in [0.15, 0.2) is 24.3 Å². The second-order valence-electron chi connectivity index (χ2n) is 3.20. The third-order valence-corrected chi connectivity index (χ3v) is 2.61. The molecule has 1 N–H and O–H groups in total. The van der Waals surface area contributed by atoms with Crippen LogP contribution in [0.3, 0.4) is 0 Å². The van der Waals surface area contributed by atoms with E-state index >= 15 is 0 Å². The molecule has 1 amide bonds. The van der Waals surface area contributed by atoms with Gasteiger partial charge in [0.15, 0.2) is 6.04 Å². The SMILES string of the molecule is CCN(C=O)C(C(=O)O)c1ccccc1Cl. The predicted octanol–water partition coefficient (Wildman–Crippen LogP) is 1.94. The molecule has 0 bridgehead atoms. The molecular formula is C11H12ClNO3. The minimum Gasteiger partial charge on any atom is -0.479 e. The number of halogens is 1. The van der Waals surface area contributed by atoms with E-state index in [4.69, 9.17) is 16.7 Å². The highest BCUT2D eigenvalue weighted by molar-refractivity contribution is 6.31. The van der Waals surface area contributed by atoms with Gasteiger partial charge in [-0.05, 0) is 13.0 Å². The van der Waals surface area contributed by atoms with Crippen molar-refractivity contribution in [3.8, 4) is 0 Å². The number of aliphatic carboxylic acids is 1. The van der Waals surface area contributed by atoms with Gasteiger partial charge < -0.3 is 10.0 Å². The predicted molar refractivity (Wildman–Crippen MR) is 60.3 cm³/mol. The number of rotatable bonds is 5. The molecular weight excluding hydrogens is 230 g/mol. The van der Waals surface area contributed by atoms with Crippen LogP contribution in [0.4, 0.5) is 0 Å². The summed E-state index contributed by atoms with van der Waals surface area (Å²) < 4.78 is 0. The van der Waals surface area contributed by atoms with Crippen LogP contribution in [-0.4, -0.2) is 28.9 Å². The summed E-state index contributed by atoms with van der Waals surface area (Å²) in [6.45, 7) is 2.02. The summed E-state index contributed by atoms with van der Waals surface area (Å²) in [6, 6.07) is 5.58. The van der Waals surface area contributed by atoms with Gasteiger partial charge in [-0.15, -0.1) is 0 Å². The van der Waals surface area contributed by atoms with E-state index in [9.17, 15) is 9.59 Å². The Bertz CT molecular complexity index is 395. The highest BCUT2D eigenvalue weighted by Gasteiger charge is 2.27. The van der Waals surface area contributed by atoms with Gasteiger partial charge in [-0.3, -0.25) is 4.79 Å². The highest BCUT2D eigenvalue weighted by Crippen LogP contribution is 2.26. The summed E-state index contributed by atoms with van der Waals surface area (Å²) in [5.74, 6) is -1.10. The molecule has 1 aromatic carbocycles. The van der Waals surface area contributed by atoms with Gasteiger partial charge in [0.25, 0.3) is 0 Å². The summed E-state index contributed by atoms with van der Waals surface area (Å²) in [4.78, 5) is 23.1. The van der Waals surface area contributed by atoms with Crippen LogP contribution in [0.1, 0.15) is 18.5 Å². The molecule has 5 heteroatoms. The maximum atomic E-state index is 11.2. The van der Waals surface area contributed by atoms with Crippen LogP contribution in [0, 0.1) is 0 Å². The second-order valence-corrected chi connectivity index (χ2v) is 3.61. The zero-order valence-corrected chi connectivity index (χ0v) is 9.52. The zero-order chi connectivity index (χ0) is 12.1. The molecule has 0 heterocycles. The Labute approximate surface area is 98.4 Å². The lowest BCUT2D eigenvalue weighted by atomic mass is 10.1. The van der Waals surface area contributed by atoms with Crippen molar-refractivity contribution < 1.29 is 14.7 Å². The van der Waals surface area contributed by atoms with E-state index in [-0.39, 0.29) is 0 Å². The van der Waals surface area contributed by atoms with E-state index in [2.05, 4.69) is 0 Å². The fourth-order valence-electron chi connectivity index (χ4n) is 1.47. The topological polar surface area (TPSA) is 57.6 Å². The number of nitrogens with zero attached hydrogens (tertiary/aromatic N) is 1. The molecule has 86 valence electrons. The van der Waals surface area contributed by atoms with E-state index in [1.165, 1.54) is 4.90 Å². The van der Waals surface area contributed by atoms with Gasteiger partial charge in [0.1, 0.15) is 0 Å². The average Bonchev–Trinajstić information content (AvgIpc) is 2.27. The summed E-state index contributed by atoms with van der Waals surface area (Å²) in [5, 5.41) is 9.47. The van der Waals surface area contributed by atoms with Crippen LogP contribution in [-0.2, 0) is 9.59 Å². The van der Waals surface area contributed by atoms with Crippen molar-refractivity contribution in [3.05, 3.63) is 34.9 Å². The fraction of sp³-hybridized carbons (Fsp3) is 0.273. The van der Waals surface area contributed by atoms with Crippen molar-refractivity contribution in [1.82, 2.24) is 4.90 Å². The molecule has 4 nitrogen and oxygen atoms in total. The third-order valence-electron chi connectivity index (χ3n) is 2.27. The molecule has 0 saturated carbocycles. The molecule has 1 unspecified atom stereocenters. The summed E-state index contributed by atoms with van der Waals surface area (Å²) >= 11 is 5.92. The number of amides is 1. The number of likely N-dealkylation sites (N-methyl/N-ethyl adjacent to an activating group) is 1. The Morgan fingerprint density at radius 3 is 2.62 bits per heavy atom. The monoisotopic (exact) mass is 241 g/mol. The highest BCUT2D eigenvalue weighted by atomic mass is 35.5. The first-order valence-corrected chi connectivity index (χ1v) is 5.17. The number of hydrogen-bond donors (Lipinski definition) is 1. The zero-order valence-electron chi connectivity index (χ0n) is 8.76. The largest absolute Gasteiger partial charge is 0.479 e. The minimum absolute atomic E-state index is 0.311. The second kappa shape index (κ2) is 5.51. The maximum absolute atomic E-state index is 11.2. The van der Waals surface area contributed by atoms with Crippen molar-refractivity contribution in [2.75, 3.05) is 6.54 Å². The molecule has 0 saturated heterocycles. The first kappa shape index (κ1) is 12.5. The number of benzene rings is 1. The van der Waals surface area contributed by atoms with Crippen molar-refractivity contribution >= 4 is 24.0 Å². The lowest BCUT2D eigenvalue weighted by molar-refractivity contribution is -0.146. The van der Waals surface area contributed by atoms with Crippen LogP contribution < -0.4 is 0 Å². The standard InChI is InChI=1S/C11H12ClNO3/c1-2-13(7-14)10(11(15)16)8-5-3-4-6-9(8)12/h3-7,10H,2H2,1H3,(H,15,16). The average molecular weight is 242 g/mol. The van der Waals surface area contributed by atoms with Gasteiger partial charge in [0.05, 0.1) is 0 Å². The quantitative estimate of drug-likeness (QED) is 0.802. The van der Waals surface area contributed by atoms with Crippen molar-refractivity contribution in [2.24, 2.45) is 0 Å². The summed E-state index contributed by atoms with van der Waals surface area (Å²) in [7, 11) is 0. The Morgan fingerprint density at radius 2 is 2.19 bits per heavy atom. The van der Waals surface area contributed by atoms with Gasteiger partial charge in [-0.2, -0.15) is 0 Å². The van der Waals surface area contributed by atoms with Gasteiger partial charge >= 0.3 is 5.97 Å². The third kappa shape index (κ3) is 2.52. The molecule has 0 spiro atoms. The smallest absolute Gasteiger partial charge is 0.331 e. The molecule has 0 aliphatic carbocycles. The molecule has 0 fully saturated rings. The van der Waals surface area contributed by atoms with Crippen molar-refractivity contribution in [1.29, 1.82) is 0 Å². The number of carbonyl (C=O) groups is 2. The number of carboxylic acid groups (broad SMARTS) is 1. The number of carboxylic acids is 1. The molecule has 0 aliphatic rings. The molecule has 16 heavy (non-hydrogen) atoms. The van der Waals surface area contributed by atoms with Crippen LogP contribution >= 0.6 is 11.6 Å². The lowest BCUT2D eigenvalue weighted by Crippen LogP contribution is -2.33. The molecule has 1 atom stereocenters. The normalized spacial score (nSPS) is 11.9. The summed E-state index contributed by atoms with van der Waals surface area (Å²) in [5.41, 5.74) is 0.422. The molecule has 0 aromatic heterocycles. The van der Waals surface area contributed by atoms with Crippen molar-refractivity contribution in [3.63, 3.8) is 0 Å². The Kier molecular flexibility index (Phi) is 4.31. The first-order chi connectivity index (χ1) is 7.61. The number of hydrogen-bond acceptors (Lipinski definition) is 2. The fourth-order valence-corrected chi connectivity index (χ4v) is 1.71. The van der Waals surface area contributed by atoms with E-state index in [1.807, 2.05) is 0 Å². The van der Waals surface area contributed by atoms with Gasteiger partial charge in [-0.25, -0.2) is 4.79 Å². The van der Waals surface area contributed by atoms with Crippen LogP contribution in [0.2, 0.25) is 5.02 Å². The van der Waals surface area contributed by atoms with E-state index in [0.717, 1.165) is 0 Å². The Morgan fingerprint density at radius 1 is 1.56 bits per heavy atom. The lowest BCUT2D eigenvalue weighted by Gasteiger charge is -2.24. The summed E-state index contributed by atoms with van der Waals surface area (Å²) in [6.07, 6.45) is 0.516. The molecule has 0 aliphatic heterocycles. The van der Waals surface area contributed by atoms with Crippen LogP contribution in [0.25, 0.3) is 0 Å². The molecule has 1 rings (SSSR count). The van der Waals surface area contributed by atoms with Crippen molar-refractivity contribution in [2.45, 2.75) is 13.0 Å². The van der Waals surface area contributed by atoms with E-state index < -0.39 is 12.0 Å². The Hall–Kier alpha value is -1.55. The Balaban J connectivity index is 3.17. The van der Waals surface area contributed by atoms with Crippen LogP contribution in [0.5, 0.6) is 0 Å². The first-order valence-electron chi connectivity index (χ1n) is 4.80. The molecule has 1 aromatic rings. The minimum atomic E-state index is -1.10. The van der Waals surface area contributed by atoms with Gasteiger partial charge in [0.2, 0.25) is 6.41 Å². The number of carbonyl (C=O) groups excluding carboxylic acids is 1. The van der Waals surface area contributed by atoms with Gasteiger partial charge in [0, 0.05) is 17.1 Å². The van der Waals surface area contributed by atoms with E-state index in [1.54, 1.807) is 31.2 Å². The van der Waals surface area contributed by atoms with Gasteiger partial charge in [-0.1, -0.05) is 29.8 Å². The van der Waals surface area contributed by atoms with E-state index in [0.29, 0.717) is 23.5 Å².